The van der Waals surface area contributed by atoms with E-state index >= 15 is 0 Å². The van der Waals surface area contributed by atoms with Crippen molar-refractivity contribution < 1.29 is 14.7 Å². The number of hydrogen-bond donors (Lipinski definition) is 2. The molecule has 0 radical (unpaired) electrons. The average Bonchev–Trinajstić information content (AvgIpc) is 3.17. The standard InChI is InChI=1S/C19H17N3O3/c23-17-9-10-18(24)22(17)14-7-5-12(6-8-14)19(25)21-16-11-13-3-1-2-4-15(13)20-16/h1-8,17,23H,9-11H2,(H,20,21,25). The third-order valence-corrected chi connectivity index (χ3v) is 4.45. The predicted molar refractivity (Wildman–Crippen MR) is 93.9 cm³/mol. The third-order valence-electron chi connectivity index (χ3n) is 4.45. The van der Waals surface area contributed by atoms with Crippen molar-refractivity contribution in [1.82, 2.24) is 5.32 Å². The van der Waals surface area contributed by atoms with E-state index in [-0.39, 0.29) is 11.8 Å². The summed E-state index contributed by atoms with van der Waals surface area (Å²) in [5.74, 6) is 0.273. The molecule has 2 aromatic carbocycles. The minimum absolute atomic E-state index is 0.109. The molecule has 0 saturated carbocycles. The van der Waals surface area contributed by atoms with Gasteiger partial charge in [0.05, 0.1) is 5.69 Å². The van der Waals surface area contributed by atoms with Crippen LogP contribution in [-0.4, -0.2) is 29.0 Å². The summed E-state index contributed by atoms with van der Waals surface area (Å²) in [6.45, 7) is 0. The van der Waals surface area contributed by atoms with Crippen LogP contribution in [0.15, 0.2) is 53.5 Å². The number of rotatable bonds is 2. The zero-order valence-electron chi connectivity index (χ0n) is 13.5. The van der Waals surface area contributed by atoms with E-state index in [0.29, 0.717) is 36.3 Å². The van der Waals surface area contributed by atoms with Crippen LogP contribution >= 0.6 is 0 Å². The van der Waals surface area contributed by atoms with Gasteiger partial charge in [-0.1, -0.05) is 18.2 Å². The summed E-state index contributed by atoms with van der Waals surface area (Å²) < 4.78 is 0. The lowest BCUT2D eigenvalue weighted by atomic mass is 10.1. The first-order chi connectivity index (χ1) is 12.1. The fraction of sp³-hybridized carbons (Fsp3) is 0.211. The number of carbonyl (C=O) groups is 2. The molecule has 2 amide bonds. The highest BCUT2D eigenvalue weighted by molar-refractivity contribution is 6.09. The van der Waals surface area contributed by atoms with Crippen molar-refractivity contribution >= 4 is 29.0 Å². The van der Waals surface area contributed by atoms with Gasteiger partial charge in [-0.2, -0.15) is 0 Å². The van der Waals surface area contributed by atoms with Crippen molar-refractivity contribution in [2.24, 2.45) is 4.99 Å². The largest absolute Gasteiger partial charge is 0.373 e. The van der Waals surface area contributed by atoms with E-state index in [4.69, 9.17) is 0 Å². The third kappa shape index (κ3) is 2.92. The van der Waals surface area contributed by atoms with Crippen LogP contribution in [0.5, 0.6) is 0 Å². The number of amidine groups is 1. The topological polar surface area (TPSA) is 82.0 Å². The molecule has 6 nitrogen and oxygen atoms in total. The number of benzene rings is 2. The van der Waals surface area contributed by atoms with Gasteiger partial charge >= 0.3 is 0 Å². The molecule has 126 valence electrons. The highest BCUT2D eigenvalue weighted by atomic mass is 16.3. The Labute approximate surface area is 144 Å². The molecule has 2 heterocycles. The normalized spacial score (nSPS) is 18.9. The molecule has 0 aliphatic carbocycles. The lowest BCUT2D eigenvalue weighted by Gasteiger charge is -2.20. The minimum Gasteiger partial charge on any atom is -0.373 e. The molecule has 2 aromatic rings. The summed E-state index contributed by atoms with van der Waals surface area (Å²) in [4.78, 5) is 30.0. The average molecular weight is 335 g/mol. The quantitative estimate of drug-likeness (QED) is 0.882. The van der Waals surface area contributed by atoms with Crippen molar-refractivity contribution in [2.45, 2.75) is 25.5 Å². The SMILES string of the molecule is O=C(NC1=Nc2ccccc2C1)c1ccc(N2C(=O)CCC2O)cc1. The number of hydrogen-bond acceptors (Lipinski definition) is 4. The first kappa shape index (κ1) is 15.5. The van der Waals surface area contributed by atoms with Crippen molar-refractivity contribution in [3.8, 4) is 0 Å². The summed E-state index contributed by atoms with van der Waals surface area (Å²) >= 11 is 0. The Morgan fingerprint density at radius 2 is 1.92 bits per heavy atom. The fourth-order valence-electron chi connectivity index (χ4n) is 3.17. The number of para-hydroxylation sites is 1. The number of amides is 2. The molecule has 0 spiro atoms. The molecule has 4 rings (SSSR count). The van der Waals surface area contributed by atoms with Gasteiger partial charge in [-0.25, -0.2) is 4.99 Å². The van der Waals surface area contributed by atoms with Crippen molar-refractivity contribution in [2.75, 3.05) is 4.90 Å². The van der Waals surface area contributed by atoms with Crippen molar-refractivity contribution in [3.05, 3.63) is 59.7 Å². The van der Waals surface area contributed by atoms with Crippen LogP contribution in [0, 0.1) is 0 Å². The number of anilines is 1. The van der Waals surface area contributed by atoms with Crippen LogP contribution < -0.4 is 10.2 Å². The molecule has 0 aromatic heterocycles. The number of carbonyl (C=O) groups excluding carboxylic acids is 2. The number of aliphatic imine (C=N–C) groups is 1. The van der Waals surface area contributed by atoms with E-state index in [1.807, 2.05) is 24.3 Å². The zero-order chi connectivity index (χ0) is 17.4. The minimum atomic E-state index is -0.793. The van der Waals surface area contributed by atoms with Crippen LogP contribution in [0.1, 0.15) is 28.8 Å². The lowest BCUT2D eigenvalue weighted by molar-refractivity contribution is -0.117. The van der Waals surface area contributed by atoms with Crippen LogP contribution in [0.4, 0.5) is 11.4 Å². The van der Waals surface area contributed by atoms with E-state index in [2.05, 4.69) is 10.3 Å². The summed E-state index contributed by atoms with van der Waals surface area (Å²) in [5.41, 5.74) is 3.05. The summed E-state index contributed by atoms with van der Waals surface area (Å²) in [7, 11) is 0. The lowest BCUT2D eigenvalue weighted by Crippen LogP contribution is -2.33. The van der Waals surface area contributed by atoms with Gasteiger partial charge in [0.1, 0.15) is 12.1 Å². The van der Waals surface area contributed by atoms with E-state index in [9.17, 15) is 14.7 Å². The highest BCUT2D eigenvalue weighted by Gasteiger charge is 2.30. The van der Waals surface area contributed by atoms with Gasteiger partial charge in [-0.05, 0) is 35.9 Å². The van der Waals surface area contributed by atoms with E-state index in [0.717, 1.165) is 11.3 Å². The smallest absolute Gasteiger partial charge is 0.256 e. The monoisotopic (exact) mass is 335 g/mol. The zero-order valence-corrected chi connectivity index (χ0v) is 13.5. The summed E-state index contributed by atoms with van der Waals surface area (Å²) in [6.07, 6.45) is 0.582. The molecule has 0 bridgehead atoms. The molecular weight excluding hydrogens is 318 g/mol. The first-order valence-corrected chi connectivity index (χ1v) is 8.19. The number of aliphatic hydroxyl groups excluding tert-OH is 1. The second kappa shape index (κ2) is 6.14. The van der Waals surface area contributed by atoms with E-state index in [1.54, 1.807) is 24.3 Å². The van der Waals surface area contributed by atoms with Gasteiger partial charge in [0, 0.05) is 30.5 Å². The summed E-state index contributed by atoms with van der Waals surface area (Å²) in [6, 6.07) is 14.4. The Bertz CT molecular complexity index is 874. The molecular formula is C19H17N3O3. The van der Waals surface area contributed by atoms with E-state index < -0.39 is 6.23 Å². The Hall–Kier alpha value is -2.99. The Morgan fingerprint density at radius 3 is 2.60 bits per heavy atom. The second-order valence-electron chi connectivity index (χ2n) is 6.15. The van der Waals surface area contributed by atoms with Gasteiger partial charge in [0.2, 0.25) is 5.91 Å². The summed E-state index contributed by atoms with van der Waals surface area (Å²) in [5, 5.41) is 12.7. The van der Waals surface area contributed by atoms with Crippen LogP contribution in [0.3, 0.4) is 0 Å². The highest BCUT2D eigenvalue weighted by Crippen LogP contribution is 2.26. The molecule has 1 unspecified atom stereocenters. The van der Waals surface area contributed by atoms with Crippen LogP contribution in [-0.2, 0) is 11.2 Å². The maximum Gasteiger partial charge on any atom is 0.256 e. The van der Waals surface area contributed by atoms with Gasteiger partial charge < -0.3 is 10.4 Å². The van der Waals surface area contributed by atoms with Gasteiger partial charge in [-0.3, -0.25) is 14.5 Å². The van der Waals surface area contributed by atoms with Crippen LogP contribution in [0.25, 0.3) is 0 Å². The maximum absolute atomic E-state index is 12.4. The number of fused-ring (bicyclic) bond motifs is 1. The van der Waals surface area contributed by atoms with Crippen molar-refractivity contribution in [3.63, 3.8) is 0 Å². The Balaban J connectivity index is 1.46. The molecule has 25 heavy (non-hydrogen) atoms. The molecule has 6 heteroatoms. The van der Waals surface area contributed by atoms with E-state index in [1.165, 1.54) is 4.90 Å². The van der Waals surface area contributed by atoms with Crippen molar-refractivity contribution in [1.29, 1.82) is 0 Å². The van der Waals surface area contributed by atoms with Gasteiger partial charge in [0.25, 0.3) is 5.91 Å². The first-order valence-electron chi connectivity index (χ1n) is 8.19. The van der Waals surface area contributed by atoms with Crippen LogP contribution in [0.2, 0.25) is 0 Å². The number of nitrogens with zero attached hydrogens (tertiary/aromatic N) is 2. The molecule has 1 fully saturated rings. The molecule has 1 saturated heterocycles. The maximum atomic E-state index is 12.4. The molecule has 2 N–H and O–H groups in total. The second-order valence-corrected chi connectivity index (χ2v) is 6.15. The van der Waals surface area contributed by atoms with Gasteiger partial charge in [-0.15, -0.1) is 0 Å². The Kier molecular flexibility index (Phi) is 3.82. The number of aliphatic hydroxyl groups is 1. The molecule has 2 aliphatic heterocycles. The Morgan fingerprint density at radius 1 is 1.16 bits per heavy atom. The predicted octanol–water partition coefficient (Wildman–Crippen LogP) is 2.15. The number of nitrogens with one attached hydrogen (secondary N) is 1. The fourth-order valence-corrected chi connectivity index (χ4v) is 3.17. The van der Waals surface area contributed by atoms with Gasteiger partial charge in [0.15, 0.2) is 0 Å². The molecule has 2 aliphatic rings. The molecule has 1 atom stereocenters.